The Morgan fingerprint density at radius 2 is 2.14 bits per heavy atom. The van der Waals surface area contributed by atoms with Crippen molar-refractivity contribution < 1.29 is 4.39 Å². The van der Waals surface area contributed by atoms with Crippen molar-refractivity contribution in [2.24, 2.45) is 0 Å². The van der Waals surface area contributed by atoms with E-state index in [9.17, 15) is 9.65 Å². The summed E-state index contributed by atoms with van der Waals surface area (Å²) in [5, 5.41) is 13.0. The summed E-state index contributed by atoms with van der Waals surface area (Å²) < 4.78 is 14.6. The van der Waals surface area contributed by atoms with Gasteiger partial charge in [0.05, 0.1) is 6.07 Å². The predicted octanol–water partition coefficient (Wildman–Crippen LogP) is 4.67. The molecule has 1 aliphatic carbocycles. The highest BCUT2D eigenvalue weighted by atomic mass is 79.9. The van der Waals surface area contributed by atoms with Crippen LogP contribution in [-0.2, 0) is 12.0 Å². The summed E-state index contributed by atoms with van der Waals surface area (Å²) in [5.41, 5.74) is 2.81. The predicted molar refractivity (Wildman–Crippen MR) is 84.5 cm³/mol. The number of nitrogens with one attached hydrogen (secondary N) is 1. The maximum absolute atomic E-state index is 13.6. The fourth-order valence-corrected chi connectivity index (χ4v) is 3.55. The molecule has 0 aromatic heterocycles. The second kappa shape index (κ2) is 5.16. The number of aryl methyl sites for hydroxylation is 1. The van der Waals surface area contributed by atoms with Crippen molar-refractivity contribution in [1.29, 1.82) is 5.26 Å². The van der Waals surface area contributed by atoms with Crippen LogP contribution in [0.5, 0.6) is 0 Å². The molecule has 0 saturated carbocycles. The molecule has 2 aromatic carbocycles. The van der Waals surface area contributed by atoms with Gasteiger partial charge < -0.3 is 5.32 Å². The number of halogens is 2. The highest BCUT2D eigenvalue weighted by molar-refractivity contribution is 9.10. The van der Waals surface area contributed by atoms with Crippen LogP contribution >= 0.6 is 15.9 Å². The lowest BCUT2D eigenvalue weighted by Gasteiger charge is -2.25. The first-order chi connectivity index (χ1) is 10.0. The SMILES string of the molecule is Cc1cc(F)cc(NC2(C#N)CCc3c(Br)cccc32)c1. The highest BCUT2D eigenvalue weighted by Gasteiger charge is 2.40. The van der Waals surface area contributed by atoms with Crippen LogP contribution in [0, 0.1) is 24.1 Å². The van der Waals surface area contributed by atoms with Gasteiger partial charge >= 0.3 is 0 Å². The summed E-state index contributed by atoms with van der Waals surface area (Å²) in [6.07, 6.45) is 1.50. The van der Waals surface area contributed by atoms with Gasteiger partial charge in [0.25, 0.3) is 0 Å². The minimum atomic E-state index is -0.792. The molecule has 106 valence electrons. The molecule has 0 heterocycles. The van der Waals surface area contributed by atoms with Crippen LogP contribution in [-0.4, -0.2) is 0 Å². The quantitative estimate of drug-likeness (QED) is 0.858. The Morgan fingerprint density at radius 3 is 2.86 bits per heavy atom. The second-order valence-corrected chi connectivity index (χ2v) is 6.28. The third-order valence-electron chi connectivity index (χ3n) is 3.92. The summed E-state index contributed by atoms with van der Waals surface area (Å²) in [6, 6.07) is 13.0. The summed E-state index contributed by atoms with van der Waals surface area (Å²) in [4.78, 5) is 0. The van der Waals surface area contributed by atoms with Gasteiger partial charge in [-0.2, -0.15) is 5.26 Å². The van der Waals surface area contributed by atoms with Gasteiger partial charge in [-0.1, -0.05) is 28.1 Å². The van der Waals surface area contributed by atoms with E-state index in [1.54, 1.807) is 0 Å². The van der Waals surface area contributed by atoms with Crippen molar-refractivity contribution in [3.63, 3.8) is 0 Å². The number of nitrogens with zero attached hydrogens (tertiary/aromatic N) is 1. The van der Waals surface area contributed by atoms with Gasteiger partial charge in [0.15, 0.2) is 5.54 Å². The van der Waals surface area contributed by atoms with Crippen LogP contribution in [0.4, 0.5) is 10.1 Å². The van der Waals surface area contributed by atoms with Crippen molar-refractivity contribution >= 4 is 21.6 Å². The van der Waals surface area contributed by atoms with Crippen LogP contribution in [0.25, 0.3) is 0 Å². The molecule has 1 N–H and O–H groups in total. The molecule has 1 aliphatic rings. The standard InChI is InChI=1S/C17H14BrFN2/c1-11-7-12(19)9-13(8-11)21-17(10-20)6-5-14-15(17)3-2-4-16(14)18/h2-4,7-9,21H,5-6H2,1H3. The lowest BCUT2D eigenvalue weighted by Crippen LogP contribution is -2.31. The molecule has 0 saturated heterocycles. The Balaban J connectivity index is 2.05. The van der Waals surface area contributed by atoms with E-state index in [4.69, 9.17) is 0 Å². The molecule has 0 radical (unpaired) electrons. The molecule has 0 bridgehead atoms. The third kappa shape index (κ3) is 2.43. The second-order valence-electron chi connectivity index (χ2n) is 5.43. The molecule has 0 amide bonds. The largest absolute Gasteiger partial charge is 0.364 e. The zero-order valence-corrected chi connectivity index (χ0v) is 13.2. The first-order valence-corrected chi connectivity index (χ1v) is 7.58. The lowest BCUT2D eigenvalue weighted by molar-refractivity contribution is 0.611. The topological polar surface area (TPSA) is 35.8 Å². The van der Waals surface area contributed by atoms with E-state index in [0.717, 1.165) is 27.6 Å². The Bertz CT molecular complexity index is 731. The Hall–Kier alpha value is -1.86. The summed E-state index contributed by atoms with van der Waals surface area (Å²) in [7, 11) is 0. The fourth-order valence-electron chi connectivity index (χ4n) is 2.99. The van der Waals surface area contributed by atoms with E-state index in [-0.39, 0.29) is 5.82 Å². The van der Waals surface area contributed by atoms with Crippen molar-refractivity contribution in [2.45, 2.75) is 25.3 Å². The minimum Gasteiger partial charge on any atom is -0.364 e. The summed E-state index contributed by atoms with van der Waals surface area (Å²) in [6.45, 7) is 1.84. The smallest absolute Gasteiger partial charge is 0.151 e. The average molecular weight is 345 g/mol. The van der Waals surface area contributed by atoms with Gasteiger partial charge in [0.2, 0.25) is 0 Å². The fraction of sp³-hybridized carbons (Fsp3) is 0.235. The molecule has 0 spiro atoms. The van der Waals surface area contributed by atoms with E-state index < -0.39 is 5.54 Å². The maximum atomic E-state index is 13.6. The van der Waals surface area contributed by atoms with Gasteiger partial charge in [0, 0.05) is 10.2 Å². The average Bonchev–Trinajstić information content (AvgIpc) is 2.79. The minimum absolute atomic E-state index is 0.293. The first-order valence-electron chi connectivity index (χ1n) is 6.78. The van der Waals surface area contributed by atoms with Crippen LogP contribution in [0.1, 0.15) is 23.1 Å². The Morgan fingerprint density at radius 1 is 1.33 bits per heavy atom. The third-order valence-corrected chi connectivity index (χ3v) is 4.66. The number of benzene rings is 2. The number of hydrogen-bond donors (Lipinski definition) is 1. The number of anilines is 1. The van der Waals surface area contributed by atoms with Crippen molar-refractivity contribution in [2.75, 3.05) is 5.32 Å². The van der Waals surface area contributed by atoms with Crippen LogP contribution in [0.15, 0.2) is 40.9 Å². The summed E-state index contributed by atoms with van der Waals surface area (Å²) in [5.74, 6) is -0.293. The number of nitriles is 1. The Labute approximate surface area is 131 Å². The van der Waals surface area contributed by atoms with E-state index in [2.05, 4.69) is 27.3 Å². The molecule has 0 aliphatic heterocycles. The van der Waals surface area contributed by atoms with E-state index in [1.165, 1.54) is 12.1 Å². The molecule has 3 rings (SSSR count). The first kappa shape index (κ1) is 14.1. The van der Waals surface area contributed by atoms with Gasteiger partial charge in [-0.25, -0.2) is 4.39 Å². The van der Waals surface area contributed by atoms with Gasteiger partial charge in [-0.15, -0.1) is 0 Å². The maximum Gasteiger partial charge on any atom is 0.151 e. The zero-order chi connectivity index (χ0) is 15.0. The van der Waals surface area contributed by atoms with Crippen LogP contribution < -0.4 is 5.32 Å². The molecule has 2 aromatic rings. The van der Waals surface area contributed by atoms with Crippen LogP contribution in [0.3, 0.4) is 0 Å². The highest BCUT2D eigenvalue weighted by Crippen LogP contribution is 2.42. The van der Waals surface area contributed by atoms with Crippen molar-refractivity contribution in [1.82, 2.24) is 0 Å². The molecule has 0 fully saturated rings. The summed E-state index contributed by atoms with van der Waals surface area (Å²) >= 11 is 3.54. The molecule has 1 unspecified atom stereocenters. The van der Waals surface area contributed by atoms with Gasteiger partial charge in [-0.3, -0.25) is 0 Å². The number of fused-ring (bicyclic) bond motifs is 1. The molecule has 1 atom stereocenters. The van der Waals surface area contributed by atoms with E-state index in [0.29, 0.717) is 12.1 Å². The Kier molecular flexibility index (Phi) is 3.46. The molecule has 4 heteroatoms. The van der Waals surface area contributed by atoms with Crippen LogP contribution in [0.2, 0.25) is 0 Å². The van der Waals surface area contributed by atoms with Crippen molar-refractivity contribution in [3.8, 4) is 6.07 Å². The monoisotopic (exact) mass is 344 g/mol. The van der Waals surface area contributed by atoms with E-state index in [1.807, 2.05) is 31.2 Å². The van der Waals surface area contributed by atoms with Gasteiger partial charge in [-0.05, 0) is 60.7 Å². The van der Waals surface area contributed by atoms with Crippen molar-refractivity contribution in [3.05, 3.63) is 63.4 Å². The molecular weight excluding hydrogens is 331 g/mol. The van der Waals surface area contributed by atoms with E-state index >= 15 is 0 Å². The number of hydrogen-bond acceptors (Lipinski definition) is 2. The molecular formula is C17H14BrFN2. The lowest BCUT2D eigenvalue weighted by atomic mass is 9.93. The molecule has 2 nitrogen and oxygen atoms in total. The molecule has 21 heavy (non-hydrogen) atoms. The number of rotatable bonds is 2. The normalized spacial score (nSPS) is 19.9. The van der Waals surface area contributed by atoms with Gasteiger partial charge in [0.1, 0.15) is 5.82 Å². The zero-order valence-electron chi connectivity index (χ0n) is 11.6.